The summed E-state index contributed by atoms with van der Waals surface area (Å²) in [6, 6.07) is 21.4. The first-order valence-corrected chi connectivity index (χ1v) is 16.8. The Kier molecular flexibility index (Phi) is 9.41. The molecule has 1 amide bonds. The minimum absolute atomic E-state index is 0.0284. The number of aromatic nitrogens is 2. The number of thioether (sulfide) groups is 1. The van der Waals surface area contributed by atoms with Crippen LogP contribution in [-0.4, -0.2) is 40.7 Å². The summed E-state index contributed by atoms with van der Waals surface area (Å²) in [7, 11) is 1.52. The third-order valence-corrected chi connectivity index (χ3v) is 9.81. The van der Waals surface area contributed by atoms with Crippen LogP contribution in [0.2, 0.25) is 0 Å². The fourth-order valence-electron chi connectivity index (χ4n) is 5.30. The van der Waals surface area contributed by atoms with Crippen LogP contribution >= 0.6 is 23.1 Å². The van der Waals surface area contributed by atoms with E-state index in [0.29, 0.717) is 44.7 Å². The number of para-hydroxylation sites is 1. The highest BCUT2D eigenvalue weighted by molar-refractivity contribution is 8.00. The van der Waals surface area contributed by atoms with E-state index in [1.807, 2.05) is 13.0 Å². The Morgan fingerprint density at radius 1 is 1.07 bits per heavy atom. The van der Waals surface area contributed by atoms with E-state index in [1.165, 1.54) is 40.7 Å². The molecule has 0 radical (unpaired) electrons. The summed E-state index contributed by atoms with van der Waals surface area (Å²) in [5, 5.41) is 20.9. The molecule has 236 valence electrons. The van der Waals surface area contributed by atoms with E-state index >= 15 is 0 Å². The molecule has 1 aliphatic rings. The van der Waals surface area contributed by atoms with Crippen molar-refractivity contribution in [2.75, 3.05) is 18.6 Å². The molecule has 0 fully saturated rings. The minimum atomic E-state index is -1.00. The number of ketones is 1. The van der Waals surface area contributed by atoms with Gasteiger partial charge in [0.25, 0.3) is 5.91 Å². The first-order valence-electron chi connectivity index (χ1n) is 15.0. The number of anilines is 1. The molecule has 3 aromatic carbocycles. The number of amides is 1. The number of methoxy groups -OCH3 is 1. The molecule has 1 aliphatic heterocycles. The molecule has 1 atom stereocenters. The quantitative estimate of drug-likeness (QED) is 0.0579. The summed E-state index contributed by atoms with van der Waals surface area (Å²) < 4.78 is 18.0. The van der Waals surface area contributed by atoms with Gasteiger partial charge in [0.05, 0.1) is 25.3 Å². The van der Waals surface area contributed by atoms with Crippen LogP contribution in [0.25, 0.3) is 11.0 Å². The Labute approximate surface area is 274 Å². The number of ether oxygens (including phenoxy) is 2. The lowest BCUT2D eigenvalue weighted by Crippen LogP contribution is -2.31. The van der Waals surface area contributed by atoms with Gasteiger partial charge in [-0.25, -0.2) is 0 Å². The Bertz CT molecular complexity index is 1910. The third-order valence-electron chi connectivity index (χ3n) is 7.68. The molecule has 0 bridgehead atoms. The molecule has 1 N–H and O–H groups in total. The van der Waals surface area contributed by atoms with Crippen molar-refractivity contribution in [3.8, 4) is 11.5 Å². The fourth-order valence-corrected chi connectivity index (χ4v) is 7.12. The first kappa shape index (κ1) is 31.4. The molecule has 3 heterocycles. The van der Waals surface area contributed by atoms with Crippen LogP contribution < -0.4 is 14.4 Å². The maximum Gasteiger partial charge on any atom is 0.296 e. The molecule has 0 spiro atoms. The van der Waals surface area contributed by atoms with E-state index in [2.05, 4.69) is 41.4 Å². The highest BCUT2D eigenvalue weighted by atomic mass is 32.2. The zero-order chi connectivity index (χ0) is 32.2. The summed E-state index contributed by atoms with van der Waals surface area (Å²) in [6.07, 6.45) is 3.02. The number of furan rings is 1. The molecular formula is C35H33N3O6S2. The van der Waals surface area contributed by atoms with Crippen molar-refractivity contribution < 1.29 is 28.6 Å². The first-order chi connectivity index (χ1) is 22.4. The van der Waals surface area contributed by atoms with Crippen molar-refractivity contribution in [1.82, 2.24) is 10.2 Å². The van der Waals surface area contributed by atoms with E-state index < -0.39 is 23.5 Å². The Morgan fingerprint density at radius 2 is 1.87 bits per heavy atom. The van der Waals surface area contributed by atoms with Gasteiger partial charge in [0, 0.05) is 11.1 Å². The van der Waals surface area contributed by atoms with E-state index in [0.717, 1.165) is 24.8 Å². The SMILES string of the molecule is CCCCCOc1cccc(C2C(C(=O)c3cc4cccc(OC)c4o3)=C(O)C(=O)N2c2nnc(SCc3ccc(C)cc3)s2)c1. The van der Waals surface area contributed by atoms with Crippen molar-refractivity contribution in [1.29, 1.82) is 0 Å². The number of unbranched alkanes of at least 4 members (excludes halogenated alkanes) is 2. The average molecular weight is 656 g/mol. The molecule has 0 saturated heterocycles. The highest BCUT2D eigenvalue weighted by Crippen LogP contribution is 2.45. The van der Waals surface area contributed by atoms with Gasteiger partial charge in [0.1, 0.15) is 5.75 Å². The lowest BCUT2D eigenvalue weighted by Gasteiger charge is -2.24. The summed E-state index contributed by atoms with van der Waals surface area (Å²) in [5.41, 5.74) is 3.17. The Hall–Kier alpha value is -4.61. The number of nitrogens with zero attached hydrogens (tertiary/aromatic N) is 3. The number of rotatable bonds is 13. The number of hydrogen-bond acceptors (Lipinski definition) is 10. The van der Waals surface area contributed by atoms with E-state index in [-0.39, 0.29) is 16.5 Å². The number of aliphatic hydroxyl groups is 1. The summed E-state index contributed by atoms with van der Waals surface area (Å²) in [6.45, 7) is 4.71. The predicted molar refractivity (Wildman–Crippen MR) is 179 cm³/mol. The minimum Gasteiger partial charge on any atom is -0.503 e. The van der Waals surface area contributed by atoms with Gasteiger partial charge in [-0.05, 0) is 48.7 Å². The highest BCUT2D eigenvalue weighted by Gasteiger charge is 2.47. The Balaban J connectivity index is 1.36. The summed E-state index contributed by atoms with van der Waals surface area (Å²) in [5.74, 6) is -0.328. The normalized spacial score (nSPS) is 14.8. The van der Waals surface area contributed by atoms with Crippen LogP contribution in [0.3, 0.4) is 0 Å². The molecule has 11 heteroatoms. The zero-order valence-electron chi connectivity index (χ0n) is 25.7. The van der Waals surface area contributed by atoms with Crippen LogP contribution in [0.15, 0.2) is 92.9 Å². The summed E-state index contributed by atoms with van der Waals surface area (Å²) in [4.78, 5) is 29.3. The molecule has 0 saturated carbocycles. The fraction of sp³-hybridized carbons (Fsp3) is 0.257. The van der Waals surface area contributed by atoms with Crippen molar-refractivity contribution in [2.45, 2.75) is 49.2 Å². The Morgan fingerprint density at radius 3 is 2.65 bits per heavy atom. The smallest absolute Gasteiger partial charge is 0.296 e. The maximum atomic E-state index is 14.2. The number of carbonyl (C=O) groups is 2. The van der Waals surface area contributed by atoms with Crippen molar-refractivity contribution in [3.05, 3.63) is 107 Å². The van der Waals surface area contributed by atoms with Crippen molar-refractivity contribution in [2.24, 2.45) is 0 Å². The zero-order valence-corrected chi connectivity index (χ0v) is 27.3. The molecule has 5 aromatic rings. The number of Topliss-reactive ketones (excluding diaryl/α,β-unsaturated/α-hetero) is 1. The van der Waals surface area contributed by atoms with Gasteiger partial charge in [-0.2, -0.15) is 0 Å². The maximum absolute atomic E-state index is 14.2. The molecule has 0 aliphatic carbocycles. The van der Waals surface area contributed by atoms with Crippen molar-refractivity contribution >= 4 is 50.9 Å². The molecular weight excluding hydrogens is 623 g/mol. The van der Waals surface area contributed by atoms with Gasteiger partial charge in [-0.15, -0.1) is 10.2 Å². The molecule has 1 unspecified atom stereocenters. The van der Waals surface area contributed by atoms with Crippen molar-refractivity contribution in [3.63, 3.8) is 0 Å². The molecule has 46 heavy (non-hydrogen) atoms. The largest absolute Gasteiger partial charge is 0.503 e. The monoisotopic (exact) mass is 655 g/mol. The second kappa shape index (κ2) is 13.8. The number of benzene rings is 3. The number of aliphatic hydroxyl groups excluding tert-OH is 1. The van der Waals surface area contributed by atoms with Gasteiger partial charge in [-0.1, -0.05) is 97.0 Å². The lowest BCUT2D eigenvalue weighted by molar-refractivity contribution is -0.117. The number of hydrogen-bond donors (Lipinski definition) is 1. The van der Waals surface area contributed by atoms with Gasteiger partial charge < -0.3 is 19.0 Å². The van der Waals surface area contributed by atoms with Gasteiger partial charge in [-0.3, -0.25) is 14.5 Å². The van der Waals surface area contributed by atoms with Crippen LogP contribution in [-0.2, 0) is 10.5 Å². The van der Waals surface area contributed by atoms with Gasteiger partial charge in [0.15, 0.2) is 27.2 Å². The molecule has 2 aromatic heterocycles. The van der Waals surface area contributed by atoms with Crippen LogP contribution in [0.5, 0.6) is 11.5 Å². The number of fused-ring (bicyclic) bond motifs is 1. The number of carbonyl (C=O) groups excluding carboxylic acids is 2. The number of aryl methyl sites for hydroxylation is 1. The predicted octanol–water partition coefficient (Wildman–Crippen LogP) is 8.25. The third kappa shape index (κ3) is 6.38. The van der Waals surface area contributed by atoms with Gasteiger partial charge in [0.2, 0.25) is 10.9 Å². The molecule has 6 rings (SSSR count). The average Bonchev–Trinajstić information content (AvgIpc) is 3.79. The topological polar surface area (TPSA) is 115 Å². The van der Waals surface area contributed by atoms with Gasteiger partial charge >= 0.3 is 0 Å². The van der Waals surface area contributed by atoms with Crippen LogP contribution in [0.1, 0.15) is 59.5 Å². The van der Waals surface area contributed by atoms with E-state index in [9.17, 15) is 14.7 Å². The van der Waals surface area contributed by atoms with E-state index in [4.69, 9.17) is 13.9 Å². The van der Waals surface area contributed by atoms with Crippen LogP contribution in [0.4, 0.5) is 5.13 Å². The van der Waals surface area contributed by atoms with Crippen LogP contribution in [0, 0.1) is 6.92 Å². The second-order valence-corrected chi connectivity index (χ2v) is 13.1. The lowest BCUT2D eigenvalue weighted by atomic mass is 9.95. The molecule has 9 nitrogen and oxygen atoms in total. The standard InChI is InChI=1S/C35H33N3O6S2/c1-4-5-6-17-43-25-11-7-9-23(18-25)29-28(30(39)27-19-24-10-8-12-26(42-3)32(24)44-27)31(40)33(41)38(29)34-36-37-35(46-34)45-20-22-15-13-21(2)14-16-22/h7-16,18-19,29,40H,4-6,17,20H2,1-3H3. The van der Waals surface area contributed by atoms with E-state index in [1.54, 1.807) is 42.5 Å². The summed E-state index contributed by atoms with van der Waals surface area (Å²) >= 11 is 2.72. The second-order valence-electron chi connectivity index (χ2n) is 10.9.